The summed E-state index contributed by atoms with van der Waals surface area (Å²) in [6, 6.07) is 7.04. The Balaban J connectivity index is 1.74. The van der Waals surface area contributed by atoms with Crippen LogP contribution >= 0.6 is 0 Å². The van der Waals surface area contributed by atoms with E-state index in [2.05, 4.69) is 15.4 Å². The number of benzene rings is 1. The molecule has 0 bridgehead atoms. The highest BCUT2D eigenvalue weighted by atomic mass is 16.3. The van der Waals surface area contributed by atoms with Crippen LogP contribution in [-0.4, -0.2) is 37.9 Å². The van der Waals surface area contributed by atoms with Crippen molar-refractivity contribution in [3.8, 4) is 5.69 Å². The van der Waals surface area contributed by atoms with Crippen molar-refractivity contribution in [2.24, 2.45) is 0 Å². The van der Waals surface area contributed by atoms with Gasteiger partial charge in [0.15, 0.2) is 0 Å². The normalized spacial score (nSPS) is 22.0. The van der Waals surface area contributed by atoms with Crippen molar-refractivity contribution in [2.45, 2.75) is 37.8 Å². The van der Waals surface area contributed by atoms with E-state index < -0.39 is 6.10 Å². The summed E-state index contributed by atoms with van der Waals surface area (Å²) in [4.78, 5) is 16.2. The van der Waals surface area contributed by atoms with Crippen molar-refractivity contribution in [1.29, 1.82) is 0 Å². The highest BCUT2D eigenvalue weighted by Gasteiger charge is 2.24. The number of aromatic nitrogens is 3. The molecule has 110 valence electrons. The highest BCUT2D eigenvalue weighted by Crippen LogP contribution is 2.19. The van der Waals surface area contributed by atoms with Gasteiger partial charge in [-0.3, -0.25) is 4.79 Å². The Morgan fingerprint density at radius 3 is 2.95 bits per heavy atom. The fraction of sp³-hybridized carbons (Fsp3) is 0.400. The molecule has 0 saturated heterocycles. The third-order valence-electron chi connectivity index (χ3n) is 3.84. The molecule has 1 saturated carbocycles. The molecule has 2 aromatic rings. The number of hydrogen-bond donors (Lipinski definition) is 2. The van der Waals surface area contributed by atoms with E-state index in [1.54, 1.807) is 23.1 Å². The predicted octanol–water partition coefficient (Wildman–Crippen LogP) is 1.30. The first kappa shape index (κ1) is 13.8. The molecular weight excluding hydrogens is 268 g/mol. The molecule has 0 radical (unpaired) electrons. The van der Waals surface area contributed by atoms with Gasteiger partial charge in [-0.2, -0.15) is 5.10 Å². The smallest absolute Gasteiger partial charge is 0.251 e. The molecule has 1 aromatic carbocycles. The summed E-state index contributed by atoms with van der Waals surface area (Å²) >= 11 is 0. The van der Waals surface area contributed by atoms with E-state index in [-0.39, 0.29) is 11.9 Å². The van der Waals surface area contributed by atoms with Gasteiger partial charge in [-0.15, -0.1) is 0 Å². The number of aliphatic hydroxyl groups is 1. The lowest BCUT2D eigenvalue weighted by Crippen LogP contribution is -2.45. The van der Waals surface area contributed by atoms with Crippen LogP contribution in [-0.2, 0) is 0 Å². The van der Waals surface area contributed by atoms with Gasteiger partial charge >= 0.3 is 0 Å². The predicted molar refractivity (Wildman–Crippen MR) is 77.1 cm³/mol. The van der Waals surface area contributed by atoms with Crippen LogP contribution in [0.15, 0.2) is 36.9 Å². The lowest BCUT2D eigenvalue weighted by Gasteiger charge is -2.28. The van der Waals surface area contributed by atoms with Crippen LogP contribution in [0.4, 0.5) is 0 Å². The van der Waals surface area contributed by atoms with Gasteiger partial charge in [0.05, 0.1) is 17.8 Å². The number of aliphatic hydroxyl groups excluding tert-OH is 1. The summed E-state index contributed by atoms with van der Waals surface area (Å²) in [7, 11) is 0. The van der Waals surface area contributed by atoms with Crippen LogP contribution in [0.5, 0.6) is 0 Å². The average Bonchev–Trinajstić information content (AvgIpc) is 3.04. The maximum absolute atomic E-state index is 12.3. The van der Waals surface area contributed by atoms with E-state index in [9.17, 15) is 9.90 Å². The summed E-state index contributed by atoms with van der Waals surface area (Å²) in [5.41, 5.74) is 1.34. The zero-order chi connectivity index (χ0) is 14.7. The second kappa shape index (κ2) is 6.05. The minimum atomic E-state index is -0.443. The minimum absolute atomic E-state index is 0.152. The molecule has 2 N–H and O–H groups in total. The Bertz CT molecular complexity index is 612. The Kier molecular flexibility index (Phi) is 3.96. The molecule has 1 aliphatic carbocycles. The highest BCUT2D eigenvalue weighted by molar-refractivity contribution is 5.94. The lowest BCUT2D eigenvalue weighted by atomic mass is 9.92. The van der Waals surface area contributed by atoms with E-state index in [0.717, 1.165) is 31.4 Å². The molecule has 2 unspecified atom stereocenters. The summed E-state index contributed by atoms with van der Waals surface area (Å²) in [5, 5.41) is 16.9. The van der Waals surface area contributed by atoms with Crippen molar-refractivity contribution in [3.63, 3.8) is 0 Å². The summed E-state index contributed by atoms with van der Waals surface area (Å²) < 4.78 is 1.60. The Morgan fingerprint density at radius 1 is 1.33 bits per heavy atom. The van der Waals surface area contributed by atoms with Gasteiger partial charge in [0.2, 0.25) is 0 Å². The monoisotopic (exact) mass is 286 g/mol. The molecule has 6 heteroatoms. The standard InChI is InChI=1S/C15H18N4O2/c20-14-7-2-1-6-13(14)18-15(21)11-4-3-5-12(8-11)19-10-16-9-17-19/h3-5,8-10,13-14,20H,1-2,6-7H2,(H,18,21). The molecule has 3 rings (SSSR count). The first-order chi connectivity index (χ1) is 10.2. The fourth-order valence-corrected chi connectivity index (χ4v) is 2.66. The Labute approximate surface area is 122 Å². The van der Waals surface area contributed by atoms with Crippen molar-refractivity contribution < 1.29 is 9.90 Å². The number of amides is 1. The largest absolute Gasteiger partial charge is 0.391 e. The average molecular weight is 286 g/mol. The van der Waals surface area contributed by atoms with E-state index in [4.69, 9.17) is 0 Å². The summed E-state index contributed by atoms with van der Waals surface area (Å²) in [5.74, 6) is -0.164. The SMILES string of the molecule is O=C(NC1CCCCC1O)c1cccc(-n2cncn2)c1. The molecule has 1 amide bonds. The van der Waals surface area contributed by atoms with Crippen molar-refractivity contribution in [3.05, 3.63) is 42.5 Å². The number of nitrogens with zero attached hydrogens (tertiary/aromatic N) is 3. The van der Waals surface area contributed by atoms with E-state index in [1.165, 1.54) is 6.33 Å². The Morgan fingerprint density at radius 2 is 2.19 bits per heavy atom. The molecule has 1 heterocycles. The lowest BCUT2D eigenvalue weighted by molar-refractivity contribution is 0.0717. The fourth-order valence-electron chi connectivity index (χ4n) is 2.66. The first-order valence-electron chi connectivity index (χ1n) is 7.18. The van der Waals surface area contributed by atoms with Gasteiger partial charge in [0.1, 0.15) is 12.7 Å². The van der Waals surface area contributed by atoms with E-state index in [1.807, 2.05) is 12.1 Å². The van der Waals surface area contributed by atoms with Crippen LogP contribution in [0.25, 0.3) is 5.69 Å². The maximum Gasteiger partial charge on any atom is 0.251 e. The second-order valence-corrected chi connectivity index (χ2v) is 5.32. The second-order valence-electron chi connectivity index (χ2n) is 5.32. The van der Waals surface area contributed by atoms with Gasteiger partial charge in [0, 0.05) is 5.56 Å². The molecule has 6 nitrogen and oxygen atoms in total. The Hall–Kier alpha value is -2.21. The number of nitrogens with one attached hydrogen (secondary N) is 1. The zero-order valence-corrected chi connectivity index (χ0v) is 11.6. The van der Waals surface area contributed by atoms with Gasteiger partial charge in [-0.25, -0.2) is 9.67 Å². The minimum Gasteiger partial charge on any atom is -0.391 e. The molecule has 0 aliphatic heterocycles. The van der Waals surface area contributed by atoms with Gasteiger partial charge < -0.3 is 10.4 Å². The van der Waals surface area contributed by atoms with Crippen LogP contribution in [0, 0.1) is 0 Å². The van der Waals surface area contributed by atoms with Crippen LogP contribution in [0.3, 0.4) is 0 Å². The van der Waals surface area contributed by atoms with Gasteiger partial charge in [0.25, 0.3) is 5.91 Å². The maximum atomic E-state index is 12.3. The number of hydrogen-bond acceptors (Lipinski definition) is 4. The molecule has 0 spiro atoms. The van der Waals surface area contributed by atoms with Crippen LogP contribution in [0.1, 0.15) is 36.0 Å². The van der Waals surface area contributed by atoms with Crippen LogP contribution in [0.2, 0.25) is 0 Å². The van der Waals surface area contributed by atoms with E-state index >= 15 is 0 Å². The molecule has 1 fully saturated rings. The molecule has 1 aromatic heterocycles. The third kappa shape index (κ3) is 3.11. The molecular formula is C15H18N4O2. The van der Waals surface area contributed by atoms with Crippen LogP contribution < -0.4 is 5.32 Å². The van der Waals surface area contributed by atoms with Gasteiger partial charge in [-0.1, -0.05) is 18.9 Å². The summed E-state index contributed by atoms with van der Waals surface area (Å²) in [6.45, 7) is 0. The van der Waals surface area contributed by atoms with Crippen molar-refractivity contribution >= 4 is 5.91 Å². The number of carbonyl (C=O) groups excluding carboxylic acids is 1. The topological polar surface area (TPSA) is 80.0 Å². The molecule has 21 heavy (non-hydrogen) atoms. The third-order valence-corrected chi connectivity index (χ3v) is 3.84. The van der Waals surface area contributed by atoms with Gasteiger partial charge in [-0.05, 0) is 31.0 Å². The quantitative estimate of drug-likeness (QED) is 0.891. The first-order valence-corrected chi connectivity index (χ1v) is 7.18. The summed E-state index contributed by atoms with van der Waals surface area (Å²) in [6.07, 6.45) is 6.24. The number of carbonyl (C=O) groups is 1. The number of rotatable bonds is 3. The van der Waals surface area contributed by atoms with E-state index in [0.29, 0.717) is 5.56 Å². The molecule has 1 aliphatic rings. The van der Waals surface area contributed by atoms with Crippen molar-refractivity contribution in [2.75, 3.05) is 0 Å². The zero-order valence-electron chi connectivity index (χ0n) is 11.6. The molecule has 2 atom stereocenters. The van der Waals surface area contributed by atoms with Crippen molar-refractivity contribution in [1.82, 2.24) is 20.1 Å².